The molecule has 2 rings (SSSR count). The molecule has 1 atom stereocenters. The van der Waals surface area contributed by atoms with Gasteiger partial charge in [0, 0.05) is 38.4 Å². The monoisotopic (exact) mass is 225 g/mol. The molecule has 1 aromatic heterocycles. The van der Waals surface area contributed by atoms with E-state index in [2.05, 4.69) is 9.88 Å². The lowest BCUT2D eigenvalue weighted by Crippen LogP contribution is -2.44. The standard InChI is InChI=1S/C12H20FN3/c1-12(13)5-3-6-16(9-12)7-4-11-8-14-10-15(11)2/h8,10H,3-7,9H2,1-2H3/t12-/m1/s1. The topological polar surface area (TPSA) is 21.1 Å². The number of nitrogens with zero attached hydrogens (tertiary/aromatic N) is 3. The molecule has 0 aliphatic carbocycles. The molecule has 0 radical (unpaired) electrons. The summed E-state index contributed by atoms with van der Waals surface area (Å²) in [4.78, 5) is 6.30. The molecule has 1 fully saturated rings. The van der Waals surface area contributed by atoms with Crippen molar-refractivity contribution < 1.29 is 4.39 Å². The highest BCUT2D eigenvalue weighted by molar-refractivity contribution is 4.98. The van der Waals surface area contributed by atoms with E-state index in [1.165, 1.54) is 5.69 Å². The Morgan fingerprint density at radius 2 is 2.38 bits per heavy atom. The molecule has 0 bridgehead atoms. The van der Waals surface area contributed by atoms with Gasteiger partial charge < -0.3 is 4.57 Å². The number of likely N-dealkylation sites (tertiary alicyclic amines) is 1. The summed E-state index contributed by atoms with van der Waals surface area (Å²) in [5, 5.41) is 0. The molecule has 0 amide bonds. The van der Waals surface area contributed by atoms with E-state index in [-0.39, 0.29) is 0 Å². The highest BCUT2D eigenvalue weighted by atomic mass is 19.1. The molecule has 1 aliphatic rings. The molecule has 90 valence electrons. The first-order chi connectivity index (χ1) is 7.57. The maximum Gasteiger partial charge on any atom is 0.120 e. The number of aryl methyl sites for hydroxylation is 1. The van der Waals surface area contributed by atoms with Gasteiger partial charge in [-0.2, -0.15) is 0 Å². The van der Waals surface area contributed by atoms with Crippen LogP contribution in [0.15, 0.2) is 12.5 Å². The van der Waals surface area contributed by atoms with Crippen LogP contribution in [0.3, 0.4) is 0 Å². The van der Waals surface area contributed by atoms with Crippen molar-refractivity contribution in [3.63, 3.8) is 0 Å². The zero-order valence-corrected chi connectivity index (χ0v) is 10.1. The fourth-order valence-corrected chi connectivity index (χ4v) is 2.38. The van der Waals surface area contributed by atoms with Crippen molar-refractivity contribution in [1.29, 1.82) is 0 Å². The first-order valence-corrected chi connectivity index (χ1v) is 5.93. The Balaban J connectivity index is 1.84. The van der Waals surface area contributed by atoms with Gasteiger partial charge in [0.2, 0.25) is 0 Å². The molecular formula is C12H20FN3. The van der Waals surface area contributed by atoms with E-state index in [1.807, 2.05) is 24.1 Å². The van der Waals surface area contributed by atoms with Crippen LogP contribution in [0.5, 0.6) is 0 Å². The molecule has 0 unspecified atom stereocenters. The molecular weight excluding hydrogens is 205 g/mol. The van der Waals surface area contributed by atoms with Gasteiger partial charge in [0.05, 0.1) is 6.33 Å². The van der Waals surface area contributed by atoms with Crippen LogP contribution in [0, 0.1) is 0 Å². The first kappa shape index (κ1) is 11.6. The van der Waals surface area contributed by atoms with Crippen molar-refractivity contribution >= 4 is 0 Å². The lowest BCUT2D eigenvalue weighted by molar-refractivity contribution is 0.0611. The van der Waals surface area contributed by atoms with Gasteiger partial charge >= 0.3 is 0 Å². The number of halogens is 1. The number of hydrogen-bond acceptors (Lipinski definition) is 2. The second-order valence-corrected chi connectivity index (χ2v) is 5.04. The van der Waals surface area contributed by atoms with Crippen molar-refractivity contribution in [3.8, 4) is 0 Å². The van der Waals surface area contributed by atoms with Crippen LogP contribution in [-0.4, -0.2) is 39.8 Å². The lowest BCUT2D eigenvalue weighted by atomic mass is 9.97. The molecule has 1 aliphatic heterocycles. The van der Waals surface area contributed by atoms with Gasteiger partial charge in [0.25, 0.3) is 0 Å². The van der Waals surface area contributed by atoms with Gasteiger partial charge in [0.15, 0.2) is 0 Å². The van der Waals surface area contributed by atoms with E-state index in [0.717, 1.165) is 25.9 Å². The molecule has 16 heavy (non-hydrogen) atoms. The third-order valence-corrected chi connectivity index (χ3v) is 3.33. The van der Waals surface area contributed by atoms with Crippen molar-refractivity contribution in [3.05, 3.63) is 18.2 Å². The van der Waals surface area contributed by atoms with Gasteiger partial charge in [-0.1, -0.05) is 0 Å². The predicted molar refractivity (Wildman–Crippen MR) is 62.1 cm³/mol. The average Bonchev–Trinajstić information content (AvgIpc) is 2.60. The third-order valence-electron chi connectivity index (χ3n) is 3.33. The van der Waals surface area contributed by atoms with E-state index < -0.39 is 5.67 Å². The van der Waals surface area contributed by atoms with Gasteiger partial charge in [-0.3, -0.25) is 4.90 Å². The molecule has 0 N–H and O–H groups in total. The van der Waals surface area contributed by atoms with Crippen LogP contribution in [0.4, 0.5) is 4.39 Å². The molecule has 1 aromatic rings. The number of rotatable bonds is 3. The zero-order chi connectivity index (χ0) is 11.6. The van der Waals surface area contributed by atoms with Crippen LogP contribution in [-0.2, 0) is 13.5 Å². The smallest absolute Gasteiger partial charge is 0.120 e. The normalized spacial score (nSPS) is 27.2. The van der Waals surface area contributed by atoms with E-state index >= 15 is 0 Å². The molecule has 3 nitrogen and oxygen atoms in total. The molecule has 1 saturated heterocycles. The van der Waals surface area contributed by atoms with Gasteiger partial charge in [-0.15, -0.1) is 0 Å². The fraction of sp³-hybridized carbons (Fsp3) is 0.750. The van der Waals surface area contributed by atoms with E-state index in [9.17, 15) is 4.39 Å². The second-order valence-electron chi connectivity index (χ2n) is 5.04. The van der Waals surface area contributed by atoms with Gasteiger partial charge in [0.1, 0.15) is 5.67 Å². The Labute approximate surface area is 96.3 Å². The summed E-state index contributed by atoms with van der Waals surface area (Å²) in [7, 11) is 2.00. The van der Waals surface area contributed by atoms with Crippen LogP contribution >= 0.6 is 0 Å². The van der Waals surface area contributed by atoms with Crippen molar-refractivity contribution in [2.75, 3.05) is 19.6 Å². The largest absolute Gasteiger partial charge is 0.338 e. The Kier molecular flexibility index (Phi) is 3.28. The highest BCUT2D eigenvalue weighted by Gasteiger charge is 2.30. The molecule has 0 spiro atoms. The SMILES string of the molecule is Cn1cncc1CCN1CCC[C@@](C)(F)C1. The second kappa shape index (κ2) is 4.53. The summed E-state index contributed by atoms with van der Waals surface area (Å²) in [5.41, 5.74) is 0.219. The Morgan fingerprint density at radius 3 is 3.00 bits per heavy atom. The minimum absolute atomic E-state index is 0.574. The summed E-state index contributed by atoms with van der Waals surface area (Å²) in [5.74, 6) is 0. The van der Waals surface area contributed by atoms with E-state index in [1.54, 1.807) is 6.92 Å². The van der Waals surface area contributed by atoms with Gasteiger partial charge in [-0.25, -0.2) is 9.37 Å². The molecule has 0 aromatic carbocycles. The minimum atomic E-state index is -0.995. The maximum absolute atomic E-state index is 13.8. The summed E-state index contributed by atoms with van der Waals surface area (Å²) in [6.07, 6.45) is 6.32. The number of imidazole rings is 1. The summed E-state index contributed by atoms with van der Waals surface area (Å²) >= 11 is 0. The zero-order valence-electron chi connectivity index (χ0n) is 10.1. The Bertz CT molecular complexity index is 346. The Morgan fingerprint density at radius 1 is 1.56 bits per heavy atom. The van der Waals surface area contributed by atoms with E-state index in [4.69, 9.17) is 0 Å². The number of alkyl halides is 1. The maximum atomic E-state index is 13.8. The van der Waals surface area contributed by atoms with Crippen LogP contribution in [0.2, 0.25) is 0 Å². The number of piperidine rings is 1. The quantitative estimate of drug-likeness (QED) is 0.782. The molecule has 0 saturated carbocycles. The summed E-state index contributed by atoms with van der Waals surface area (Å²) in [6.45, 7) is 4.24. The lowest BCUT2D eigenvalue weighted by Gasteiger charge is -2.35. The predicted octanol–water partition coefficient (Wildman–Crippen LogP) is 1.79. The van der Waals surface area contributed by atoms with Crippen molar-refractivity contribution in [2.24, 2.45) is 7.05 Å². The number of aromatic nitrogens is 2. The van der Waals surface area contributed by atoms with E-state index in [0.29, 0.717) is 13.0 Å². The Hall–Kier alpha value is -0.900. The third kappa shape index (κ3) is 2.82. The highest BCUT2D eigenvalue weighted by Crippen LogP contribution is 2.24. The van der Waals surface area contributed by atoms with Crippen LogP contribution in [0.1, 0.15) is 25.5 Å². The first-order valence-electron chi connectivity index (χ1n) is 5.93. The van der Waals surface area contributed by atoms with Crippen molar-refractivity contribution in [1.82, 2.24) is 14.5 Å². The van der Waals surface area contributed by atoms with Crippen molar-refractivity contribution in [2.45, 2.75) is 31.9 Å². The molecule has 2 heterocycles. The van der Waals surface area contributed by atoms with Crippen LogP contribution < -0.4 is 0 Å². The number of hydrogen-bond donors (Lipinski definition) is 0. The molecule has 4 heteroatoms. The summed E-state index contributed by atoms with van der Waals surface area (Å²) in [6, 6.07) is 0. The fourth-order valence-electron chi connectivity index (χ4n) is 2.38. The minimum Gasteiger partial charge on any atom is -0.338 e. The van der Waals surface area contributed by atoms with Gasteiger partial charge in [-0.05, 0) is 26.3 Å². The average molecular weight is 225 g/mol. The van der Waals surface area contributed by atoms with Crippen LogP contribution in [0.25, 0.3) is 0 Å². The summed E-state index contributed by atoms with van der Waals surface area (Å²) < 4.78 is 15.8.